The van der Waals surface area contributed by atoms with Crippen LogP contribution in [-0.4, -0.2) is 39.2 Å². The van der Waals surface area contributed by atoms with Gasteiger partial charge >= 0.3 is 5.97 Å². The molecule has 8 nitrogen and oxygen atoms in total. The van der Waals surface area contributed by atoms with Crippen molar-refractivity contribution in [3.63, 3.8) is 0 Å². The fourth-order valence-corrected chi connectivity index (χ4v) is 3.40. The van der Waals surface area contributed by atoms with Gasteiger partial charge in [0.25, 0.3) is 5.91 Å². The van der Waals surface area contributed by atoms with Gasteiger partial charge in [-0.3, -0.25) is 13.9 Å². The maximum absolute atomic E-state index is 12.3. The fraction of sp³-hybridized carbons (Fsp3) is 0.250. The van der Waals surface area contributed by atoms with Gasteiger partial charge in [0.2, 0.25) is 10.0 Å². The average molecular weight is 415 g/mol. The Morgan fingerprint density at radius 3 is 2.34 bits per heavy atom. The number of anilines is 2. The van der Waals surface area contributed by atoms with E-state index in [0.29, 0.717) is 22.5 Å². The Morgan fingerprint density at radius 2 is 1.79 bits per heavy atom. The number of carbonyl (C=O) groups excluding carboxylic acids is 2. The Kier molecular flexibility index (Phi) is 6.96. The van der Waals surface area contributed by atoms with Crippen molar-refractivity contribution in [2.45, 2.75) is 20.0 Å². The van der Waals surface area contributed by atoms with Crippen LogP contribution in [0.5, 0.6) is 0 Å². The van der Waals surface area contributed by atoms with E-state index in [1.54, 1.807) is 55.5 Å². The number of esters is 1. The van der Waals surface area contributed by atoms with Gasteiger partial charge in [-0.1, -0.05) is 18.2 Å². The van der Waals surface area contributed by atoms with E-state index in [1.165, 1.54) is 6.92 Å². The number of carbonyl (C=O) groups is 2. The van der Waals surface area contributed by atoms with Crippen LogP contribution >= 0.6 is 0 Å². The minimum absolute atomic E-state index is 0.363. The molecule has 2 rings (SSSR count). The zero-order valence-corrected chi connectivity index (χ0v) is 17.1. The molecule has 1 atom stereocenters. The summed E-state index contributed by atoms with van der Waals surface area (Å²) in [5.41, 5.74) is 1.92. The van der Waals surface area contributed by atoms with E-state index < -0.39 is 34.5 Å². The van der Waals surface area contributed by atoms with Crippen molar-refractivity contribution in [3.8, 4) is 6.07 Å². The molecule has 1 amide bonds. The molecule has 0 aliphatic rings. The second kappa shape index (κ2) is 9.21. The molecule has 29 heavy (non-hydrogen) atoms. The van der Waals surface area contributed by atoms with Gasteiger partial charge < -0.3 is 10.1 Å². The van der Waals surface area contributed by atoms with E-state index in [-0.39, 0.29) is 0 Å². The summed E-state index contributed by atoms with van der Waals surface area (Å²) in [6, 6.07) is 14.9. The highest BCUT2D eigenvalue weighted by molar-refractivity contribution is 7.92. The van der Waals surface area contributed by atoms with E-state index in [2.05, 4.69) is 5.32 Å². The normalized spacial score (nSPS) is 11.8. The summed E-state index contributed by atoms with van der Waals surface area (Å²) in [5.74, 6) is -1.44. The van der Waals surface area contributed by atoms with Crippen molar-refractivity contribution in [2.75, 3.05) is 22.4 Å². The molecular formula is C20H21N3O5S. The molecule has 0 saturated heterocycles. The molecule has 0 saturated carbocycles. The largest absolute Gasteiger partial charge is 0.451 e. The van der Waals surface area contributed by atoms with E-state index in [1.807, 2.05) is 6.07 Å². The van der Waals surface area contributed by atoms with Gasteiger partial charge in [0.05, 0.1) is 23.6 Å². The molecule has 0 aliphatic heterocycles. The first-order valence-electron chi connectivity index (χ1n) is 8.65. The topological polar surface area (TPSA) is 117 Å². The predicted octanol–water partition coefficient (Wildman–Crippen LogP) is 2.20. The maximum atomic E-state index is 12.3. The number of nitrogens with one attached hydrogen (secondary N) is 1. The highest BCUT2D eigenvalue weighted by Crippen LogP contribution is 2.22. The molecule has 0 spiro atoms. The third kappa shape index (κ3) is 6.05. The van der Waals surface area contributed by atoms with E-state index in [9.17, 15) is 18.0 Å². The van der Waals surface area contributed by atoms with Crippen molar-refractivity contribution in [2.24, 2.45) is 0 Å². The van der Waals surface area contributed by atoms with Crippen LogP contribution in [-0.2, 0) is 24.3 Å². The molecule has 1 N–H and O–H groups in total. The van der Waals surface area contributed by atoms with Crippen LogP contribution in [0.25, 0.3) is 0 Å². The summed E-state index contributed by atoms with van der Waals surface area (Å²) in [6.45, 7) is 2.56. The van der Waals surface area contributed by atoms with Crippen molar-refractivity contribution in [1.29, 1.82) is 5.26 Å². The third-order valence-corrected chi connectivity index (χ3v) is 5.14. The van der Waals surface area contributed by atoms with Gasteiger partial charge in [-0.15, -0.1) is 0 Å². The number of ether oxygens (including phenoxy) is 1. The van der Waals surface area contributed by atoms with Gasteiger partial charge in [-0.25, -0.2) is 8.42 Å². The average Bonchev–Trinajstić information content (AvgIpc) is 2.66. The van der Waals surface area contributed by atoms with Crippen LogP contribution in [0.2, 0.25) is 0 Å². The van der Waals surface area contributed by atoms with Crippen LogP contribution in [0, 0.1) is 18.3 Å². The first kappa shape index (κ1) is 21.9. The van der Waals surface area contributed by atoms with Crippen LogP contribution in [0.4, 0.5) is 11.4 Å². The van der Waals surface area contributed by atoms with E-state index in [0.717, 1.165) is 10.6 Å². The number of benzene rings is 2. The minimum Gasteiger partial charge on any atom is -0.451 e. The molecule has 0 unspecified atom stereocenters. The molecule has 0 fully saturated rings. The van der Waals surface area contributed by atoms with Crippen molar-refractivity contribution < 1.29 is 22.7 Å². The minimum atomic E-state index is -3.74. The SMILES string of the molecule is Cc1ccccc1N(CC(=O)O[C@H](C)C(=O)Nc1ccc(C#N)cc1)S(C)(=O)=O. The molecule has 0 radical (unpaired) electrons. The highest BCUT2D eigenvalue weighted by Gasteiger charge is 2.25. The Labute approximate surface area is 169 Å². The van der Waals surface area contributed by atoms with E-state index >= 15 is 0 Å². The van der Waals surface area contributed by atoms with Gasteiger partial charge in [0.15, 0.2) is 6.10 Å². The smallest absolute Gasteiger partial charge is 0.327 e. The summed E-state index contributed by atoms with van der Waals surface area (Å²) < 4.78 is 30.3. The Balaban J connectivity index is 2.04. The van der Waals surface area contributed by atoms with Crippen molar-refractivity contribution in [3.05, 3.63) is 59.7 Å². The summed E-state index contributed by atoms with van der Waals surface area (Å²) in [7, 11) is -3.74. The fourth-order valence-electron chi connectivity index (χ4n) is 2.50. The Hall–Kier alpha value is -3.38. The monoisotopic (exact) mass is 415 g/mol. The second-order valence-electron chi connectivity index (χ2n) is 6.37. The van der Waals surface area contributed by atoms with Crippen LogP contribution in [0.3, 0.4) is 0 Å². The number of nitriles is 1. The van der Waals surface area contributed by atoms with Crippen molar-refractivity contribution in [1.82, 2.24) is 0 Å². The zero-order valence-electron chi connectivity index (χ0n) is 16.2. The van der Waals surface area contributed by atoms with Crippen molar-refractivity contribution >= 4 is 33.3 Å². The van der Waals surface area contributed by atoms with Gasteiger partial charge in [0.1, 0.15) is 6.54 Å². The van der Waals surface area contributed by atoms with Gasteiger partial charge in [0, 0.05) is 5.69 Å². The number of hydrogen-bond donors (Lipinski definition) is 1. The Bertz CT molecular complexity index is 1040. The van der Waals surface area contributed by atoms with Gasteiger partial charge in [-0.2, -0.15) is 5.26 Å². The molecule has 0 aromatic heterocycles. The summed E-state index contributed by atoms with van der Waals surface area (Å²) in [4.78, 5) is 24.5. The second-order valence-corrected chi connectivity index (χ2v) is 8.27. The molecule has 9 heteroatoms. The highest BCUT2D eigenvalue weighted by atomic mass is 32.2. The standard InChI is InChI=1S/C20H21N3O5S/c1-14-6-4-5-7-18(14)23(29(3,26)27)13-19(24)28-15(2)20(25)22-17-10-8-16(12-21)9-11-17/h4-11,15H,13H2,1-3H3,(H,22,25)/t15-/m1/s1. The first-order chi connectivity index (χ1) is 13.6. The van der Waals surface area contributed by atoms with E-state index in [4.69, 9.17) is 10.00 Å². The summed E-state index contributed by atoms with van der Waals surface area (Å²) in [6.07, 6.45) is -0.148. The molecule has 0 bridgehead atoms. The molecule has 2 aromatic carbocycles. The zero-order chi connectivity index (χ0) is 21.6. The van der Waals surface area contributed by atoms with Crippen LogP contribution < -0.4 is 9.62 Å². The lowest BCUT2D eigenvalue weighted by molar-refractivity contribution is -0.151. The molecule has 0 heterocycles. The number of rotatable bonds is 7. The summed E-state index contributed by atoms with van der Waals surface area (Å²) >= 11 is 0. The number of amides is 1. The molecular weight excluding hydrogens is 394 g/mol. The third-order valence-electron chi connectivity index (χ3n) is 4.02. The number of hydrogen-bond acceptors (Lipinski definition) is 6. The quantitative estimate of drug-likeness (QED) is 0.693. The Morgan fingerprint density at radius 1 is 1.17 bits per heavy atom. The lowest BCUT2D eigenvalue weighted by Crippen LogP contribution is -2.39. The molecule has 0 aliphatic carbocycles. The van der Waals surface area contributed by atoms with Crippen LogP contribution in [0.1, 0.15) is 18.1 Å². The first-order valence-corrected chi connectivity index (χ1v) is 10.5. The maximum Gasteiger partial charge on any atom is 0.327 e. The predicted molar refractivity (Wildman–Crippen MR) is 109 cm³/mol. The van der Waals surface area contributed by atoms with Gasteiger partial charge in [-0.05, 0) is 49.7 Å². The summed E-state index contributed by atoms with van der Waals surface area (Å²) in [5, 5.41) is 11.4. The number of sulfonamides is 1. The number of nitrogens with zero attached hydrogens (tertiary/aromatic N) is 2. The number of aryl methyl sites for hydroxylation is 1. The number of para-hydroxylation sites is 1. The van der Waals surface area contributed by atoms with Crippen LogP contribution in [0.15, 0.2) is 48.5 Å². The molecule has 152 valence electrons. The lowest BCUT2D eigenvalue weighted by atomic mass is 10.2. The molecule has 2 aromatic rings. The lowest BCUT2D eigenvalue weighted by Gasteiger charge is -2.24.